The molecule has 0 radical (unpaired) electrons. The number of hydrogen-bond acceptors (Lipinski definition) is 2. The minimum absolute atomic E-state index is 0.0146. The van der Waals surface area contributed by atoms with Crippen molar-refractivity contribution in [1.29, 1.82) is 0 Å². The van der Waals surface area contributed by atoms with Gasteiger partial charge < -0.3 is 10.6 Å². The maximum Gasteiger partial charge on any atom is 0.242 e. The van der Waals surface area contributed by atoms with E-state index >= 15 is 0 Å². The highest BCUT2D eigenvalue weighted by atomic mass is 16.2. The summed E-state index contributed by atoms with van der Waals surface area (Å²) in [6.07, 6.45) is 0. The number of nitrogens with one attached hydrogen (secondary N) is 2. The topological polar surface area (TPSA) is 41.1 Å². The number of anilines is 1. The number of aryl methyl sites for hydroxylation is 2. The lowest BCUT2D eigenvalue weighted by Gasteiger charge is -2.24. The van der Waals surface area contributed by atoms with Crippen LogP contribution in [0.2, 0.25) is 0 Å². The van der Waals surface area contributed by atoms with Crippen LogP contribution in [0, 0.1) is 13.8 Å². The molecule has 3 nitrogen and oxygen atoms in total. The van der Waals surface area contributed by atoms with Gasteiger partial charge in [-0.2, -0.15) is 0 Å². The number of rotatable bonds is 3. The number of hydrogen-bond donors (Lipinski definition) is 2. The van der Waals surface area contributed by atoms with E-state index < -0.39 is 0 Å². The average molecular weight is 248 g/mol. The van der Waals surface area contributed by atoms with Crippen molar-refractivity contribution in [2.45, 2.75) is 53.1 Å². The Hall–Kier alpha value is -1.51. The van der Waals surface area contributed by atoms with Crippen molar-refractivity contribution in [3.8, 4) is 0 Å². The van der Waals surface area contributed by atoms with Gasteiger partial charge in [-0.1, -0.05) is 6.07 Å². The minimum Gasteiger partial charge on any atom is -0.374 e. The van der Waals surface area contributed by atoms with Gasteiger partial charge in [-0.05, 0) is 64.8 Å². The maximum atomic E-state index is 11.9. The Morgan fingerprint density at radius 1 is 1.17 bits per heavy atom. The summed E-state index contributed by atoms with van der Waals surface area (Å²) >= 11 is 0. The molecular formula is C15H24N2O. The Kier molecular flexibility index (Phi) is 4.38. The smallest absolute Gasteiger partial charge is 0.242 e. The summed E-state index contributed by atoms with van der Waals surface area (Å²) in [6.45, 7) is 12.0. The highest BCUT2D eigenvalue weighted by Crippen LogP contribution is 2.15. The summed E-state index contributed by atoms with van der Waals surface area (Å²) in [6, 6.07) is 5.89. The molecule has 18 heavy (non-hydrogen) atoms. The van der Waals surface area contributed by atoms with E-state index in [9.17, 15) is 4.79 Å². The van der Waals surface area contributed by atoms with Gasteiger partial charge in [-0.3, -0.25) is 4.79 Å². The fourth-order valence-electron chi connectivity index (χ4n) is 1.62. The first kappa shape index (κ1) is 14.6. The number of carbonyl (C=O) groups is 1. The van der Waals surface area contributed by atoms with Gasteiger partial charge in [0, 0.05) is 11.2 Å². The molecule has 3 heteroatoms. The van der Waals surface area contributed by atoms with Crippen molar-refractivity contribution in [3.63, 3.8) is 0 Å². The molecule has 1 atom stereocenters. The highest BCUT2D eigenvalue weighted by molar-refractivity contribution is 5.84. The Labute approximate surface area is 110 Å². The van der Waals surface area contributed by atoms with E-state index in [-0.39, 0.29) is 17.5 Å². The molecule has 0 aliphatic carbocycles. The van der Waals surface area contributed by atoms with Gasteiger partial charge in [-0.15, -0.1) is 0 Å². The third-order valence-corrected chi connectivity index (χ3v) is 2.78. The molecule has 1 rings (SSSR count). The summed E-state index contributed by atoms with van der Waals surface area (Å²) in [4.78, 5) is 11.9. The molecule has 1 aromatic rings. The summed E-state index contributed by atoms with van der Waals surface area (Å²) in [5.74, 6) is 0.0146. The molecule has 0 fully saturated rings. The zero-order valence-corrected chi connectivity index (χ0v) is 12.2. The first-order chi connectivity index (χ1) is 8.19. The Morgan fingerprint density at radius 3 is 2.28 bits per heavy atom. The number of benzene rings is 1. The number of carbonyl (C=O) groups excluding carboxylic acids is 1. The lowest BCUT2D eigenvalue weighted by atomic mass is 10.1. The van der Waals surface area contributed by atoms with Gasteiger partial charge in [0.15, 0.2) is 0 Å². The van der Waals surface area contributed by atoms with E-state index in [1.165, 1.54) is 11.1 Å². The van der Waals surface area contributed by atoms with Crippen molar-refractivity contribution in [2.24, 2.45) is 0 Å². The third-order valence-electron chi connectivity index (χ3n) is 2.78. The van der Waals surface area contributed by atoms with Crippen LogP contribution in [0.5, 0.6) is 0 Å². The molecule has 2 N–H and O–H groups in total. The molecule has 0 aliphatic rings. The van der Waals surface area contributed by atoms with E-state index in [2.05, 4.69) is 36.6 Å². The molecule has 0 bridgehead atoms. The number of amides is 1. The fourth-order valence-corrected chi connectivity index (χ4v) is 1.62. The average Bonchev–Trinajstić information content (AvgIpc) is 2.21. The Bertz CT molecular complexity index is 433. The molecule has 0 saturated carbocycles. The zero-order chi connectivity index (χ0) is 13.9. The van der Waals surface area contributed by atoms with Gasteiger partial charge in [0.1, 0.15) is 6.04 Å². The van der Waals surface area contributed by atoms with Crippen LogP contribution in [-0.2, 0) is 4.79 Å². The molecular weight excluding hydrogens is 224 g/mol. The Morgan fingerprint density at radius 2 is 1.78 bits per heavy atom. The lowest BCUT2D eigenvalue weighted by molar-refractivity contribution is -0.122. The predicted molar refractivity (Wildman–Crippen MR) is 76.9 cm³/mol. The van der Waals surface area contributed by atoms with Crippen molar-refractivity contribution >= 4 is 11.6 Å². The summed E-state index contributed by atoms with van der Waals surface area (Å²) in [5.41, 5.74) is 3.27. The van der Waals surface area contributed by atoms with E-state index in [4.69, 9.17) is 0 Å². The summed E-state index contributed by atoms with van der Waals surface area (Å²) in [5, 5.41) is 6.18. The van der Waals surface area contributed by atoms with Crippen LogP contribution >= 0.6 is 0 Å². The summed E-state index contributed by atoms with van der Waals surface area (Å²) in [7, 11) is 0. The molecule has 1 amide bonds. The third kappa shape index (κ3) is 4.40. The van der Waals surface area contributed by atoms with Gasteiger partial charge >= 0.3 is 0 Å². The largest absolute Gasteiger partial charge is 0.374 e. The SMILES string of the molecule is Cc1ccc(NC(C)C(=O)NC(C)(C)C)cc1C. The van der Waals surface area contributed by atoms with Crippen LogP contribution in [0.25, 0.3) is 0 Å². The maximum absolute atomic E-state index is 11.9. The molecule has 0 spiro atoms. The monoisotopic (exact) mass is 248 g/mol. The van der Waals surface area contributed by atoms with Gasteiger partial charge in [0.05, 0.1) is 0 Å². The van der Waals surface area contributed by atoms with Crippen LogP contribution in [0.3, 0.4) is 0 Å². The molecule has 0 aliphatic heterocycles. The first-order valence-corrected chi connectivity index (χ1v) is 6.35. The standard InChI is InChI=1S/C15H24N2O/c1-10-7-8-13(9-11(10)2)16-12(3)14(18)17-15(4,5)6/h7-9,12,16H,1-6H3,(H,17,18). The van der Waals surface area contributed by atoms with Gasteiger partial charge in [0.2, 0.25) is 5.91 Å². The minimum atomic E-state index is -0.244. The lowest BCUT2D eigenvalue weighted by Crippen LogP contribution is -2.47. The Balaban J connectivity index is 2.66. The second-order valence-electron chi connectivity index (χ2n) is 5.90. The van der Waals surface area contributed by atoms with Crippen LogP contribution in [0.15, 0.2) is 18.2 Å². The van der Waals surface area contributed by atoms with E-state index in [0.29, 0.717) is 0 Å². The van der Waals surface area contributed by atoms with E-state index in [0.717, 1.165) is 5.69 Å². The van der Waals surface area contributed by atoms with Gasteiger partial charge in [-0.25, -0.2) is 0 Å². The molecule has 100 valence electrons. The van der Waals surface area contributed by atoms with Crippen LogP contribution in [-0.4, -0.2) is 17.5 Å². The zero-order valence-electron chi connectivity index (χ0n) is 12.2. The van der Waals surface area contributed by atoms with Crippen molar-refractivity contribution < 1.29 is 4.79 Å². The predicted octanol–water partition coefficient (Wildman–Crippen LogP) is 3.02. The molecule has 0 heterocycles. The van der Waals surface area contributed by atoms with Gasteiger partial charge in [0.25, 0.3) is 0 Å². The normalized spacial score (nSPS) is 13.0. The second-order valence-corrected chi connectivity index (χ2v) is 5.90. The molecule has 1 unspecified atom stereocenters. The molecule has 0 aromatic heterocycles. The molecule has 0 saturated heterocycles. The van der Waals surface area contributed by atoms with Crippen LogP contribution in [0.1, 0.15) is 38.8 Å². The second kappa shape index (κ2) is 5.42. The highest BCUT2D eigenvalue weighted by Gasteiger charge is 2.18. The van der Waals surface area contributed by atoms with E-state index in [1.807, 2.05) is 33.8 Å². The quantitative estimate of drug-likeness (QED) is 0.863. The summed E-state index contributed by atoms with van der Waals surface area (Å²) < 4.78 is 0. The van der Waals surface area contributed by atoms with E-state index in [1.54, 1.807) is 0 Å². The van der Waals surface area contributed by atoms with Crippen LogP contribution in [0.4, 0.5) is 5.69 Å². The fraction of sp³-hybridized carbons (Fsp3) is 0.533. The van der Waals surface area contributed by atoms with Crippen molar-refractivity contribution in [1.82, 2.24) is 5.32 Å². The first-order valence-electron chi connectivity index (χ1n) is 6.35. The van der Waals surface area contributed by atoms with Crippen molar-refractivity contribution in [2.75, 3.05) is 5.32 Å². The molecule has 1 aromatic carbocycles. The van der Waals surface area contributed by atoms with Crippen LogP contribution < -0.4 is 10.6 Å². The van der Waals surface area contributed by atoms with Crippen molar-refractivity contribution in [3.05, 3.63) is 29.3 Å².